The van der Waals surface area contributed by atoms with Crippen molar-refractivity contribution in [3.63, 3.8) is 0 Å². The Hall–Kier alpha value is -1.69. The molecule has 0 bridgehead atoms. The van der Waals surface area contributed by atoms with Crippen LogP contribution >= 0.6 is 0 Å². The lowest BCUT2D eigenvalue weighted by Crippen LogP contribution is -2.39. The van der Waals surface area contributed by atoms with Gasteiger partial charge in [-0.25, -0.2) is 13.1 Å². The second-order valence-electron chi connectivity index (χ2n) is 6.01. The Kier molecular flexibility index (Phi) is 4.27. The number of benzene rings is 2. The van der Waals surface area contributed by atoms with Crippen LogP contribution in [0.1, 0.15) is 30.0 Å². The second kappa shape index (κ2) is 6.07. The summed E-state index contributed by atoms with van der Waals surface area (Å²) in [6, 6.07) is 14.5. The summed E-state index contributed by atoms with van der Waals surface area (Å²) >= 11 is 0. The van der Waals surface area contributed by atoms with E-state index >= 15 is 0 Å². The van der Waals surface area contributed by atoms with Crippen LogP contribution in [0.2, 0.25) is 0 Å². The lowest BCUT2D eigenvalue weighted by molar-refractivity contribution is 0.0442. The van der Waals surface area contributed by atoms with E-state index in [1.807, 2.05) is 43.3 Å². The van der Waals surface area contributed by atoms with Gasteiger partial charge in [-0.15, -0.1) is 0 Å². The molecule has 0 amide bonds. The lowest BCUT2D eigenvalue weighted by Gasteiger charge is -2.24. The van der Waals surface area contributed by atoms with E-state index < -0.39 is 15.6 Å². The molecule has 4 nitrogen and oxygen atoms in total. The number of aliphatic hydroxyl groups is 1. The largest absolute Gasteiger partial charge is 0.384 e. The van der Waals surface area contributed by atoms with Gasteiger partial charge in [0.15, 0.2) is 0 Å². The van der Waals surface area contributed by atoms with Gasteiger partial charge in [-0.05, 0) is 48.1 Å². The highest BCUT2D eigenvalue weighted by Crippen LogP contribution is 2.36. The van der Waals surface area contributed by atoms with Crippen LogP contribution in [0, 0.1) is 0 Å². The van der Waals surface area contributed by atoms with Gasteiger partial charge in [-0.2, -0.15) is 0 Å². The number of aryl methyl sites for hydroxylation is 2. The Morgan fingerprint density at radius 3 is 2.52 bits per heavy atom. The zero-order valence-electron chi connectivity index (χ0n) is 13.1. The third kappa shape index (κ3) is 3.17. The number of fused-ring (bicyclic) bond motifs is 1. The van der Waals surface area contributed by atoms with Crippen LogP contribution < -0.4 is 4.72 Å². The van der Waals surface area contributed by atoms with Gasteiger partial charge in [0, 0.05) is 6.54 Å². The monoisotopic (exact) mass is 331 g/mol. The highest BCUT2D eigenvalue weighted by Gasteiger charge is 2.37. The molecule has 0 heterocycles. The molecular formula is C18H21NO3S. The summed E-state index contributed by atoms with van der Waals surface area (Å²) in [7, 11) is -3.62. The molecule has 0 spiro atoms. The molecule has 0 saturated heterocycles. The average Bonchev–Trinajstić information content (AvgIpc) is 2.91. The predicted molar refractivity (Wildman–Crippen MR) is 89.7 cm³/mol. The van der Waals surface area contributed by atoms with Crippen molar-refractivity contribution in [3.8, 4) is 0 Å². The van der Waals surface area contributed by atoms with Crippen LogP contribution in [0.4, 0.5) is 0 Å². The first-order valence-electron chi connectivity index (χ1n) is 7.84. The average molecular weight is 331 g/mol. The quantitative estimate of drug-likeness (QED) is 0.884. The van der Waals surface area contributed by atoms with Gasteiger partial charge in [-0.3, -0.25) is 0 Å². The van der Waals surface area contributed by atoms with Crippen LogP contribution in [0.3, 0.4) is 0 Å². The van der Waals surface area contributed by atoms with E-state index in [-0.39, 0.29) is 11.4 Å². The molecule has 5 heteroatoms. The van der Waals surface area contributed by atoms with E-state index in [0.717, 1.165) is 29.5 Å². The molecule has 23 heavy (non-hydrogen) atoms. The number of nitrogens with one attached hydrogen (secondary N) is 1. The van der Waals surface area contributed by atoms with Gasteiger partial charge in [0.1, 0.15) is 5.60 Å². The lowest BCUT2D eigenvalue weighted by atomic mass is 9.96. The standard InChI is InChI=1S/C18H21NO3S/c1-2-14-7-9-16(10-8-14)23(21,22)19-13-18(20)12-11-15-5-3-4-6-17(15)18/h3-10,19-20H,2,11-13H2,1H3. The molecule has 1 atom stereocenters. The van der Waals surface area contributed by atoms with E-state index in [9.17, 15) is 13.5 Å². The minimum absolute atomic E-state index is 0.0120. The van der Waals surface area contributed by atoms with E-state index in [4.69, 9.17) is 0 Å². The van der Waals surface area contributed by atoms with Crippen molar-refractivity contribution in [2.75, 3.05) is 6.54 Å². The van der Waals surface area contributed by atoms with Crippen LogP contribution in [-0.4, -0.2) is 20.1 Å². The normalized spacial score (nSPS) is 20.4. The summed E-state index contributed by atoms with van der Waals surface area (Å²) in [5.74, 6) is 0. The zero-order valence-corrected chi connectivity index (χ0v) is 13.9. The molecule has 122 valence electrons. The molecule has 0 aromatic heterocycles. The van der Waals surface area contributed by atoms with Gasteiger partial charge in [0.05, 0.1) is 4.90 Å². The Morgan fingerprint density at radius 2 is 1.83 bits per heavy atom. The smallest absolute Gasteiger partial charge is 0.240 e. The molecule has 1 aliphatic carbocycles. The third-order valence-corrected chi connectivity index (χ3v) is 5.94. The van der Waals surface area contributed by atoms with Crippen LogP contribution in [0.15, 0.2) is 53.4 Å². The first-order valence-corrected chi connectivity index (χ1v) is 9.32. The topological polar surface area (TPSA) is 66.4 Å². The van der Waals surface area contributed by atoms with E-state index in [2.05, 4.69) is 4.72 Å². The molecule has 0 aliphatic heterocycles. The fraction of sp³-hybridized carbons (Fsp3) is 0.333. The summed E-state index contributed by atoms with van der Waals surface area (Å²) in [5, 5.41) is 10.8. The second-order valence-corrected chi connectivity index (χ2v) is 7.78. The van der Waals surface area contributed by atoms with Crippen molar-refractivity contribution in [1.29, 1.82) is 0 Å². The molecule has 3 rings (SSSR count). The predicted octanol–water partition coefficient (Wildman–Crippen LogP) is 2.36. The van der Waals surface area contributed by atoms with E-state index in [1.54, 1.807) is 12.1 Å². The van der Waals surface area contributed by atoms with Crippen molar-refractivity contribution >= 4 is 10.0 Å². The minimum atomic E-state index is -3.62. The summed E-state index contributed by atoms with van der Waals surface area (Å²) in [5.41, 5.74) is 1.87. The fourth-order valence-electron chi connectivity index (χ4n) is 3.05. The Morgan fingerprint density at radius 1 is 1.13 bits per heavy atom. The Labute approximate surface area is 137 Å². The molecule has 2 N–H and O–H groups in total. The van der Waals surface area contributed by atoms with Gasteiger partial charge in [0.2, 0.25) is 10.0 Å². The number of hydrogen-bond acceptors (Lipinski definition) is 3. The first-order chi connectivity index (χ1) is 10.9. The summed E-state index contributed by atoms with van der Waals surface area (Å²) in [6.45, 7) is 2.01. The Bertz CT molecular complexity index is 799. The molecule has 2 aromatic carbocycles. The molecule has 1 unspecified atom stereocenters. The maximum atomic E-state index is 12.4. The van der Waals surface area contributed by atoms with Crippen LogP contribution in [0.5, 0.6) is 0 Å². The van der Waals surface area contributed by atoms with Gasteiger partial charge < -0.3 is 5.11 Å². The van der Waals surface area contributed by atoms with Gasteiger partial charge >= 0.3 is 0 Å². The number of rotatable bonds is 5. The van der Waals surface area contributed by atoms with Crippen molar-refractivity contribution in [1.82, 2.24) is 4.72 Å². The number of hydrogen-bond donors (Lipinski definition) is 2. The van der Waals surface area contributed by atoms with Crippen LogP contribution in [-0.2, 0) is 28.5 Å². The molecule has 0 radical (unpaired) electrons. The van der Waals surface area contributed by atoms with Gasteiger partial charge in [0.25, 0.3) is 0 Å². The maximum absolute atomic E-state index is 12.4. The number of sulfonamides is 1. The Balaban J connectivity index is 1.77. The van der Waals surface area contributed by atoms with Crippen molar-refractivity contribution in [2.45, 2.75) is 36.7 Å². The summed E-state index contributed by atoms with van der Waals surface area (Å²) < 4.78 is 27.4. The van der Waals surface area contributed by atoms with Crippen molar-refractivity contribution < 1.29 is 13.5 Å². The van der Waals surface area contributed by atoms with E-state index in [1.165, 1.54) is 0 Å². The van der Waals surface area contributed by atoms with Crippen LogP contribution in [0.25, 0.3) is 0 Å². The summed E-state index contributed by atoms with van der Waals surface area (Å²) in [6.07, 6.45) is 2.16. The molecule has 1 aliphatic rings. The maximum Gasteiger partial charge on any atom is 0.240 e. The molecule has 0 fully saturated rings. The zero-order chi connectivity index (χ0) is 16.5. The molecule has 2 aromatic rings. The van der Waals surface area contributed by atoms with E-state index in [0.29, 0.717) is 6.42 Å². The highest BCUT2D eigenvalue weighted by molar-refractivity contribution is 7.89. The molecular weight excluding hydrogens is 310 g/mol. The van der Waals surface area contributed by atoms with Gasteiger partial charge in [-0.1, -0.05) is 43.3 Å². The van der Waals surface area contributed by atoms with Crippen molar-refractivity contribution in [3.05, 3.63) is 65.2 Å². The van der Waals surface area contributed by atoms with Crippen molar-refractivity contribution in [2.24, 2.45) is 0 Å². The highest BCUT2D eigenvalue weighted by atomic mass is 32.2. The minimum Gasteiger partial charge on any atom is -0.384 e. The molecule has 0 saturated carbocycles. The third-order valence-electron chi connectivity index (χ3n) is 4.52. The fourth-order valence-corrected chi connectivity index (χ4v) is 4.14. The SMILES string of the molecule is CCc1ccc(S(=O)(=O)NCC2(O)CCc3ccccc32)cc1. The first kappa shape index (κ1) is 16.2. The summed E-state index contributed by atoms with van der Waals surface area (Å²) in [4.78, 5) is 0.226.